The number of rotatable bonds is 2. The molecule has 0 saturated heterocycles. The van der Waals surface area contributed by atoms with E-state index in [1.165, 1.54) is 0 Å². The SMILES string of the molecule is Cn1cnc2c(-n3cccc3C(N)=S)nccc21. The van der Waals surface area contributed by atoms with Crippen LogP contribution in [0.25, 0.3) is 16.9 Å². The first kappa shape index (κ1) is 10.9. The molecule has 0 spiro atoms. The second-order valence-electron chi connectivity index (χ2n) is 3.99. The van der Waals surface area contributed by atoms with Gasteiger partial charge in [-0.3, -0.25) is 4.57 Å². The summed E-state index contributed by atoms with van der Waals surface area (Å²) in [5, 5.41) is 0. The number of aryl methyl sites for hydroxylation is 1. The van der Waals surface area contributed by atoms with Crippen molar-refractivity contribution in [2.75, 3.05) is 0 Å². The number of nitrogens with two attached hydrogens (primary N) is 1. The van der Waals surface area contributed by atoms with Gasteiger partial charge in [-0.2, -0.15) is 0 Å². The highest BCUT2D eigenvalue weighted by Crippen LogP contribution is 2.19. The van der Waals surface area contributed by atoms with Crippen molar-refractivity contribution in [3.63, 3.8) is 0 Å². The van der Waals surface area contributed by atoms with Crippen LogP contribution >= 0.6 is 12.2 Å². The summed E-state index contributed by atoms with van der Waals surface area (Å²) in [4.78, 5) is 9.09. The Morgan fingerprint density at radius 1 is 1.33 bits per heavy atom. The molecule has 0 radical (unpaired) electrons. The predicted molar refractivity (Wildman–Crippen MR) is 73.7 cm³/mol. The van der Waals surface area contributed by atoms with Crippen LogP contribution in [-0.4, -0.2) is 24.1 Å². The summed E-state index contributed by atoms with van der Waals surface area (Å²) >= 11 is 5.03. The Labute approximate surface area is 109 Å². The third-order valence-electron chi connectivity index (χ3n) is 2.85. The summed E-state index contributed by atoms with van der Waals surface area (Å²) in [5.41, 5.74) is 8.31. The fraction of sp³-hybridized carbons (Fsp3) is 0.0833. The van der Waals surface area contributed by atoms with Gasteiger partial charge in [0.1, 0.15) is 10.5 Å². The van der Waals surface area contributed by atoms with E-state index in [4.69, 9.17) is 18.0 Å². The molecule has 3 heterocycles. The van der Waals surface area contributed by atoms with Gasteiger partial charge in [0, 0.05) is 19.4 Å². The molecule has 0 saturated carbocycles. The van der Waals surface area contributed by atoms with Crippen molar-refractivity contribution in [3.05, 3.63) is 42.6 Å². The summed E-state index contributed by atoms with van der Waals surface area (Å²) < 4.78 is 3.81. The van der Waals surface area contributed by atoms with Crippen molar-refractivity contribution in [3.8, 4) is 5.82 Å². The summed E-state index contributed by atoms with van der Waals surface area (Å²) in [6.45, 7) is 0. The average Bonchev–Trinajstić information content (AvgIpc) is 2.96. The summed E-state index contributed by atoms with van der Waals surface area (Å²) in [7, 11) is 1.95. The number of imidazole rings is 1. The molecule has 0 aliphatic heterocycles. The van der Waals surface area contributed by atoms with Crippen molar-refractivity contribution in [2.24, 2.45) is 12.8 Å². The molecule has 0 aliphatic rings. The molecule has 0 aliphatic carbocycles. The molecule has 2 N–H and O–H groups in total. The molecule has 0 unspecified atom stereocenters. The second kappa shape index (κ2) is 3.92. The lowest BCUT2D eigenvalue weighted by Crippen LogP contribution is -2.15. The lowest BCUT2D eigenvalue weighted by molar-refractivity contribution is 0.947. The molecule has 0 atom stereocenters. The molecule has 5 nitrogen and oxygen atoms in total. The van der Waals surface area contributed by atoms with Crippen molar-refractivity contribution in [1.82, 2.24) is 19.1 Å². The van der Waals surface area contributed by atoms with Crippen molar-refractivity contribution in [1.29, 1.82) is 0 Å². The minimum Gasteiger partial charge on any atom is -0.388 e. The summed E-state index contributed by atoms with van der Waals surface area (Å²) in [6, 6.07) is 5.68. The third kappa shape index (κ3) is 1.50. The molecule has 3 aromatic heterocycles. The Bertz CT molecular complexity index is 740. The maximum atomic E-state index is 5.70. The molecule has 90 valence electrons. The van der Waals surface area contributed by atoms with Crippen LogP contribution in [0.15, 0.2) is 36.9 Å². The van der Waals surface area contributed by atoms with E-state index in [-0.39, 0.29) is 0 Å². The maximum absolute atomic E-state index is 5.70. The van der Waals surface area contributed by atoms with Crippen LogP contribution in [-0.2, 0) is 7.05 Å². The highest BCUT2D eigenvalue weighted by atomic mass is 32.1. The van der Waals surface area contributed by atoms with E-state index in [0.717, 1.165) is 22.5 Å². The number of hydrogen-bond donors (Lipinski definition) is 1. The van der Waals surface area contributed by atoms with Gasteiger partial charge < -0.3 is 10.3 Å². The summed E-state index contributed by atoms with van der Waals surface area (Å²) in [6.07, 6.45) is 5.40. The van der Waals surface area contributed by atoms with Crippen LogP contribution in [0.5, 0.6) is 0 Å². The van der Waals surface area contributed by atoms with Crippen LogP contribution in [0.2, 0.25) is 0 Å². The lowest BCUT2D eigenvalue weighted by Gasteiger charge is -2.07. The molecular formula is C12H11N5S. The average molecular weight is 257 g/mol. The van der Waals surface area contributed by atoms with E-state index in [1.54, 1.807) is 12.5 Å². The Hall–Kier alpha value is -2.21. The van der Waals surface area contributed by atoms with Gasteiger partial charge in [0.05, 0.1) is 17.5 Å². The number of pyridine rings is 1. The Kier molecular flexibility index (Phi) is 2.38. The normalized spacial score (nSPS) is 10.9. The third-order valence-corrected chi connectivity index (χ3v) is 3.06. The predicted octanol–water partition coefficient (Wildman–Crippen LogP) is 1.39. The van der Waals surface area contributed by atoms with Gasteiger partial charge >= 0.3 is 0 Å². The van der Waals surface area contributed by atoms with Crippen LogP contribution in [0, 0.1) is 0 Å². The molecule has 0 amide bonds. The number of aromatic nitrogens is 4. The quantitative estimate of drug-likeness (QED) is 0.705. The van der Waals surface area contributed by atoms with Crippen molar-refractivity contribution < 1.29 is 0 Å². The highest BCUT2D eigenvalue weighted by Gasteiger charge is 2.12. The van der Waals surface area contributed by atoms with Crippen LogP contribution in [0.3, 0.4) is 0 Å². The number of thiocarbonyl (C=S) groups is 1. The van der Waals surface area contributed by atoms with Gasteiger partial charge in [0.2, 0.25) is 0 Å². The van der Waals surface area contributed by atoms with E-state index < -0.39 is 0 Å². The zero-order valence-corrected chi connectivity index (χ0v) is 10.6. The van der Waals surface area contributed by atoms with E-state index in [1.807, 2.05) is 40.6 Å². The Morgan fingerprint density at radius 3 is 2.94 bits per heavy atom. The first-order chi connectivity index (χ1) is 8.68. The van der Waals surface area contributed by atoms with Gasteiger partial charge in [-0.25, -0.2) is 9.97 Å². The van der Waals surface area contributed by atoms with Crippen molar-refractivity contribution in [2.45, 2.75) is 0 Å². The molecule has 0 fully saturated rings. The molecule has 6 heteroatoms. The minimum absolute atomic E-state index is 0.342. The van der Waals surface area contributed by atoms with Crippen LogP contribution in [0.4, 0.5) is 0 Å². The van der Waals surface area contributed by atoms with Crippen molar-refractivity contribution >= 4 is 28.2 Å². The zero-order chi connectivity index (χ0) is 12.7. The first-order valence-electron chi connectivity index (χ1n) is 5.42. The molecule has 3 rings (SSSR count). The monoisotopic (exact) mass is 257 g/mol. The largest absolute Gasteiger partial charge is 0.388 e. The molecular weight excluding hydrogens is 246 g/mol. The molecule has 18 heavy (non-hydrogen) atoms. The molecule has 0 aromatic carbocycles. The topological polar surface area (TPSA) is 61.7 Å². The summed E-state index contributed by atoms with van der Waals surface area (Å²) in [5.74, 6) is 0.737. The highest BCUT2D eigenvalue weighted by molar-refractivity contribution is 7.80. The van der Waals surface area contributed by atoms with E-state index in [9.17, 15) is 0 Å². The zero-order valence-electron chi connectivity index (χ0n) is 9.74. The standard InChI is InChI=1S/C12H11N5S/c1-16-7-15-10-8(16)4-5-14-12(10)17-6-2-3-9(17)11(13)18/h2-7H,1H3,(H2,13,18). The van der Waals surface area contributed by atoms with Gasteiger partial charge in [-0.1, -0.05) is 12.2 Å². The first-order valence-corrected chi connectivity index (χ1v) is 5.83. The molecule has 0 bridgehead atoms. The van der Waals surface area contributed by atoms with Gasteiger partial charge in [0.25, 0.3) is 0 Å². The van der Waals surface area contributed by atoms with E-state index in [0.29, 0.717) is 4.99 Å². The van der Waals surface area contributed by atoms with Gasteiger partial charge in [0.15, 0.2) is 5.82 Å². The Balaban J connectivity index is 2.32. The number of nitrogens with zero attached hydrogens (tertiary/aromatic N) is 4. The fourth-order valence-electron chi connectivity index (χ4n) is 1.99. The maximum Gasteiger partial charge on any atom is 0.165 e. The molecule has 3 aromatic rings. The van der Waals surface area contributed by atoms with Crippen LogP contribution in [0.1, 0.15) is 5.69 Å². The number of hydrogen-bond acceptors (Lipinski definition) is 3. The minimum atomic E-state index is 0.342. The second-order valence-corrected chi connectivity index (χ2v) is 4.43. The van der Waals surface area contributed by atoms with E-state index in [2.05, 4.69) is 9.97 Å². The van der Waals surface area contributed by atoms with E-state index >= 15 is 0 Å². The van der Waals surface area contributed by atoms with Gasteiger partial charge in [-0.05, 0) is 18.2 Å². The Morgan fingerprint density at radius 2 is 2.17 bits per heavy atom. The van der Waals surface area contributed by atoms with Gasteiger partial charge in [-0.15, -0.1) is 0 Å². The number of fused-ring (bicyclic) bond motifs is 1. The fourth-order valence-corrected chi connectivity index (χ4v) is 2.16. The smallest absolute Gasteiger partial charge is 0.165 e. The lowest BCUT2D eigenvalue weighted by atomic mass is 10.3. The van der Waals surface area contributed by atoms with Crippen LogP contribution < -0.4 is 5.73 Å².